The predicted molar refractivity (Wildman–Crippen MR) is 57.3 cm³/mol. The molecule has 64 valence electrons. The van der Waals surface area contributed by atoms with E-state index in [9.17, 15) is 0 Å². The minimum atomic E-state index is -0.478. The van der Waals surface area contributed by atoms with Crippen molar-refractivity contribution in [3.63, 3.8) is 0 Å². The van der Waals surface area contributed by atoms with Crippen LogP contribution in [0.2, 0.25) is 0 Å². The average molecular weight is 258 g/mol. The molecule has 0 saturated carbocycles. The fourth-order valence-corrected chi connectivity index (χ4v) is 2.38. The van der Waals surface area contributed by atoms with Crippen LogP contribution in [0, 0.1) is 0 Å². The number of hydrogen-bond donors (Lipinski definition) is 1. The normalized spacial score (nSPS) is 15.0. The van der Waals surface area contributed by atoms with Gasteiger partial charge in [-0.3, -0.25) is 0 Å². The van der Waals surface area contributed by atoms with Gasteiger partial charge in [-0.1, -0.05) is 0 Å². The van der Waals surface area contributed by atoms with E-state index in [0.29, 0.717) is 0 Å². The van der Waals surface area contributed by atoms with Crippen LogP contribution < -0.4 is 5.32 Å². The third kappa shape index (κ3) is 5.47. The summed E-state index contributed by atoms with van der Waals surface area (Å²) in [5.74, 6) is 0. The summed E-state index contributed by atoms with van der Waals surface area (Å²) in [5.41, 5.74) is 0. The van der Waals surface area contributed by atoms with Crippen LogP contribution in [0.1, 0.15) is 20.3 Å². The van der Waals surface area contributed by atoms with Crippen molar-refractivity contribution in [2.24, 2.45) is 0 Å². The number of nitrogens with two attached hydrogens (primary N) is 1. The fourth-order valence-electron chi connectivity index (χ4n) is 0.770. The van der Waals surface area contributed by atoms with E-state index in [1.807, 2.05) is 0 Å². The topological polar surface area (TPSA) is 16.6 Å². The van der Waals surface area contributed by atoms with Crippen molar-refractivity contribution in [2.45, 2.75) is 24.2 Å². The van der Waals surface area contributed by atoms with Crippen LogP contribution in [-0.4, -0.2) is 26.9 Å². The third-order valence-corrected chi connectivity index (χ3v) is 6.68. The van der Waals surface area contributed by atoms with E-state index in [1.165, 1.54) is 19.5 Å². The Labute approximate surface area is 72.4 Å². The molecule has 0 aromatic carbocycles. The summed E-state index contributed by atoms with van der Waals surface area (Å²) in [6, 6.07) is 0. The molecule has 1 nitrogen and oxygen atoms in total. The van der Waals surface area contributed by atoms with Crippen LogP contribution >= 0.6 is 19.8 Å². The molecule has 0 aliphatic carbocycles. The molecule has 0 heterocycles. The van der Waals surface area contributed by atoms with Gasteiger partial charge in [-0.2, -0.15) is 0 Å². The number of quaternary nitrogens is 1. The van der Waals surface area contributed by atoms with E-state index < -0.39 is 19.8 Å². The molecular formula is C8H21IN+. The van der Waals surface area contributed by atoms with Gasteiger partial charge < -0.3 is 0 Å². The Bertz CT molecular complexity index is 73.7. The predicted octanol–water partition coefficient (Wildman–Crippen LogP) is 1.11. The Morgan fingerprint density at radius 2 is 2.00 bits per heavy atom. The molecule has 0 aromatic heterocycles. The van der Waals surface area contributed by atoms with Crippen LogP contribution in [0.25, 0.3) is 0 Å². The van der Waals surface area contributed by atoms with Crippen LogP contribution in [0.5, 0.6) is 0 Å². The zero-order valence-corrected chi connectivity index (χ0v) is 9.81. The van der Waals surface area contributed by atoms with Crippen molar-refractivity contribution in [3.8, 4) is 0 Å². The van der Waals surface area contributed by atoms with Crippen molar-refractivity contribution >= 4 is 19.8 Å². The van der Waals surface area contributed by atoms with Crippen LogP contribution in [0.3, 0.4) is 0 Å². The molecule has 0 amide bonds. The van der Waals surface area contributed by atoms with E-state index in [4.69, 9.17) is 0 Å². The van der Waals surface area contributed by atoms with Crippen LogP contribution in [-0.2, 0) is 0 Å². The number of alkyl halides is 3. The molecule has 0 radical (unpaired) electrons. The second-order valence-electron chi connectivity index (χ2n) is 2.87. The first-order chi connectivity index (χ1) is 4.68. The molecule has 0 aromatic rings. The first-order valence-electron chi connectivity index (χ1n) is 3.98. The van der Waals surface area contributed by atoms with E-state index in [2.05, 4.69) is 29.0 Å². The minimum absolute atomic E-state index is 0.478. The van der Waals surface area contributed by atoms with Gasteiger partial charge >= 0.3 is 72.3 Å². The van der Waals surface area contributed by atoms with E-state index >= 15 is 0 Å². The SMILES string of the molecule is CC[NH2+]CCC(C)I(C)C. The Morgan fingerprint density at radius 1 is 1.40 bits per heavy atom. The molecule has 0 saturated heterocycles. The first-order valence-corrected chi connectivity index (χ1v) is 9.54. The molecule has 0 spiro atoms. The Morgan fingerprint density at radius 3 is 2.40 bits per heavy atom. The summed E-state index contributed by atoms with van der Waals surface area (Å²) in [5, 5.41) is 2.40. The number of hydrogen-bond acceptors (Lipinski definition) is 0. The van der Waals surface area contributed by atoms with Gasteiger partial charge in [0.1, 0.15) is 0 Å². The van der Waals surface area contributed by atoms with Gasteiger partial charge in [-0.15, -0.1) is 0 Å². The monoisotopic (exact) mass is 258 g/mol. The number of halogens is 1. The Balaban J connectivity index is 3.13. The molecular weight excluding hydrogens is 237 g/mol. The van der Waals surface area contributed by atoms with E-state index in [0.717, 1.165) is 3.92 Å². The zero-order valence-electron chi connectivity index (χ0n) is 7.65. The summed E-state index contributed by atoms with van der Waals surface area (Å²) < 4.78 is 1.05. The summed E-state index contributed by atoms with van der Waals surface area (Å²) >= 11 is -0.478. The molecule has 1 unspecified atom stereocenters. The Hall–Kier alpha value is 0.690. The van der Waals surface area contributed by atoms with Crippen molar-refractivity contribution in [2.75, 3.05) is 23.0 Å². The standard InChI is InChI=1S/C8H20IN/c1-5-10-7-6-8(2)9(3)4/h8,10H,5-7H2,1-4H3/p+1. The van der Waals surface area contributed by atoms with Crippen LogP contribution in [0.15, 0.2) is 0 Å². The van der Waals surface area contributed by atoms with Crippen molar-refractivity contribution in [1.29, 1.82) is 0 Å². The van der Waals surface area contributed by atoms with E-state index in [-0.39, 0.29) is 0 Å². The van der Waals surface area contributed by atoms with Crippen molar-refractivity contribution in [3.05, 3.63) is 0 Å². The summed E-state index contributed by atoms with van der Waals surface area (Å²) in [6.45, 7) is 7.22. The van der Waals surface area contributed by atoms with Crippen molar-refractivity contribution in [1.82, 2.24) is 0 Å². The summed E-state index contributed by atoms with van der Waals surface area (Å²) in [7, 11) is 0. The molecule has 2 N–H and O–H groups in total. The van der Waals surface area contributed by atoms with Gasteiger partial charge in [0.2, 0.25) is 0 Å². The second kappa shape index (κ2) is 6.40. The van der Waals surface area contributed by atoms with Gasteiger partial charge in [0.15, 0.2) is 0 Å². The third-order valence-electron chi connectivity index (χ3n) is 1.80. The second-order valence-corrected chi connectivity index (χ2v) is 9.64. The van der Waals surface area contributed by atoms with Gasteiger partial charge in [-0.25, -0.2) is 0 Å². The summed E-state index contributed by atoms with van der Waals surface area (Å²) in [6.07, 6.45) is 1.44. The Kier molecular flexibility index (Phi) is 6.85. The van der Waals surface area contributed by atoms with Crippen LogP contribution in [0.4, 0.5) is 0 Å². The maximum atomic E-state index is 2.46. The molecule has 0 aliphatic rings. The fraction of sp³-hybridized carbons (Fsp3) is 1.00. The van der Waals surface area contributed by atoms with Crippen molar-refractivity contribution < 1.29 is 5.32 Å². The molecule has 0 bridgehead atoms. The van der Waals surface area contributed by atoms with Gasteiger partial charge in [-0.05, 0) is 0 Å². The summed E-state index contributed by atoms with van der Waals surface area (Å²) in [4.78, 5) is 4.92. The molecule has 2 heteroatoms. The van der Waals surface area contributed by atoms with Gasteiger partial charge in [0, 0.05) is 0 Å². The number of rotatable bonds is 5. The molecule has 10 heavy (non-hydrogen) atoms. The quantitative estimate of drug-likeness (QED) is 0.432. The zero-order chi connectivity index (χ0) is 7.98. The van der Waals surface area contributed by atoms with Gasteiger partial charge in [0.05, 0.1) is 0 Å². The molecule has 0 rings (SSSR count). The molecule has 1 atom stereocenters. The first kappa shape index (κ1) is 10.7. The molecule has 0 fully saturated rings. The van der Waals surface area contributed by atoms with E-state index in [1.54, 1.807) is 0 Å². The van der Waals surface area contributed by atoms with Gasteiger partial charge in [0.25, 0.3) is 0 Å². The maximum absolute atomic E-state index is 2.46. The average Bonchev–Trinajstić information content (AvgIpc) is 1.88. The molecule has 0 aliphatic heterocycles.